The summed E-state index contributed by atoms with van der Waals surface area (Å²) in [5, 5.41) is 2.85. The zero-order valence-corrected chi connectivity index (χ0v) is 13.2. The number of carbonyl (C=O) groups excluding carboxylic acids is 2. The highest BCUT2D eigenvalue weighted by atomic mass is 32.2. The van der Waals surface area contributed by atoms with Crippen molar-refractivity contribution in [1.29, 1.82) is 0 Å². The number of likely N-dealkylation sites (tertiary alicyclic amines) is 1. The Kier molecular flexibility index (Phi) is 5.21. The molecule has 2 amide bonds. The molecule has 2 fully saturated rings. The molecule has 0 aliphatic carbocycles. The highest BCUT2D eigenvalue weighted by molar-refractivity contribution is 7.88. The number of piperidine rings is 1. The van der Waals surface area contributed by atoms with E-state index in [4.69, 9.17) is 0 Å². The number of amides is 2. The molecule has 0 spiro atoms. The van der Waals surface area contributed by atoms with Crippen molar-refractivity contribution in [2.75, 3.05) is 39.0 Å². The van der Waals surface area contributed by atoms with E-state index in [9.17, 15) is 18.0 Å². The first-order valence-electron chi connectivity index (χ1n) is 7.36. The fourth-order valence-corrected chi connectivity index (χ4v) is 3.68. The van der Waals surface area contributed by atoms with Gasteiger partial charge in [0.15, 0.2) is 0 Å². The Balaban J connectivity index is 1.67. The topological polar surface area (TPSA) is 86.8 Å². The molecule has 2 aliphatic heterocycles. The van der Waals surface area contributed by atoms with E-state index in [0.717, 1.165) is 19.3 Å². The number of rotatable bonds is 5. The number of hydrogen-bond acceptors (Lipinski definition) is 4. The summed E-state index contributed by atoms with van der Waals surface area (Å²) in [5.41, 5.74) is 0. The maximum absolute atomic E-state index is 11.8. The van der Waals surface area contributed by atoms with Gasteiger partial charge in [0.05, 0.1) is 12.8 Å². The molecule has 8 heteroatoms. The van der Waals surface area contributed by atoms with Crippen LogP contribution in [0, 0.1) is 5.92 Å². The van der Waals surface area contributed by atoms with E-state index in [0.29, 0.717) is 38.5 Å². The van der Waals surface area contributed by atoms with Crippen LogP contribution in [0.1, 0.15) is 25.7 Å². The van der Waals surface area contributed by atoms with Crippen molar-refractivity contribution in [3.8, 4) is 0 Å². The van der Waals surface area contributed by atoms with Gasteiger partial charge in [-0.2, -0.15) is 0 Å². The first-order chi connectivity index (χ1) is 9.86. The molecule has 2 saturated heterocycles. The summed E-state index contributed by atoms with van der Waals surface area (Å²) in [6.07, 6.45) is 4.11. The van der Waals surface area contributed by atoms with E-state index in [1.807, 2.05) is 0 Å². The minimum atomic E-state index is -3.10. The molecule has 2 heterocycles. The average Bonchev–Trinajstić information content (AvgIpc) is 2.81. The molecule has 0 unspecified atom stereocenters. The third-order valence-corrected chi connectivity index (χ3v) is 5.44. The fourth-order valence-electron chi connectivity index (χ4n) is 2.80. The maximum Gasteiger partial charge on any atom is 0.239 e. The van der Waals surface area contributed by atoms with Crippen molar-refractivity contribution in [1.82, 2.24) is 14.5 Å². The van der Waals surface area contributed by atoms with Crippen molar-refractivity contribution < 1.29 is 18.0 Å². The zero-order valence-electron chi connectivity index (χ0n) is 12.4. The van der Waals surface area contributed by atoms with Crippen molar-refractivity contribution in [3.63, 3.8) is 0 Å². The van der Waals surface area contributed by atoms with Gasteiger partial charge in [0, 0.05) is 32.6 Å². The number of hydrogen-bond donors (Lipinski definition) is 1. The van der Waals surface area contributed by atoms with Crippen molar-refractivity contribution in [2.45, 2.75) is 25.7 Å². The number of nitrogens with one attached hydrogen (secondary N) is 1. The van der Waals surface area contributed by atoms with Crippen LogP contribution in [0.15, 0.2) is 0 Å². The molecule has 0 aromatic heterocycles. The molecule has 0 aromatic rings. The minimum Gasteiger partial charge on any atom is -0.354 e. The lowest BCUT2D eigenvalue weighted by Crippen LogP contribution is -2.43. The Hall–Kier alpha value is -1.15. The van der Waals surface area contributed by atoms with Gasteiger partial charge in [-0.1, -0.05) is 0 Å². The van der Waals surface area contributed by atoms with Gasteiger partial charge in [0.1, 0.15) is 0 Å². The van der Waals surface area contributed by atoms with Crippen molar-refractivity contribution in [3.05, 3.63) is 0 Å². The average molecular weight is 317 g/mol. The minimum absolute atomic E-state index is 0.0478. The summed E-state index contributed by atoms with van der Waals surface area (Å²) in [6, 6.07) is 0. The van der Waals surface area contributed by atoms with Crippen molar-refractivity contribution in [2.24, 2.45) is 5.92 Å². The molecule has 120 valence electrons. The molecule has 2 rings (SSSR count). The quantitative estimate of drug-likeness (QED) is 0.733. The predicted octanol–water partition coefficient (Wildman–Crippen LogP) is -0.603. The summed E-state index contributed by atoms with van der Waals surface area (Å²) in [4.78, 5) is 24.8. The second-order valence-corrected chi connectivity index (χ2v) is 7.81. The molecule has 0 bridgehead atoms. The first-order valence-corrected chi connectivity index (χ1v) is 9.20. The monoisotopic (exact) mass is 317 g/mol. The van der Waals surface area contributed by atoms with Crippen LogP contribution < -0.4 is 5.32 Å². The second-order valence-electron chi connectivity index (χ2n) is 5.83. The van der Waals surface area contributed by atoms with Crippen LogP contribution in [0.4, 0.5) is 0 Å². The Labute approximate surface area is 125 Å². The molecule has 7 nitrogen and oxygen atoms in total. The molecular formula is C13H23N3O4S. The smallest absolute Gasteiger partial charge is 0.239 e. The third-order valence-electron chi connectivity index (χ3n) is 4.14. The van der Waals surface area contributed by atoms with Gasteiger partial charge in [-0.25, -0.2) is 12.7 Å². The van der Waals surface area contributed by atoms with E-state index in [1.165, 1.54) is 10.6 Å². The molecule has 21 heavy (non-hydrogen) atoms. The van der Waals surface area contributed by atoms with Gasteiger partial charge < -0.3 is 10.2 Å². The summed E-state index contributed by atoms with van der Waals surface area (Å²) in [5.74, 6) is 0.226. The molecule has 0 atom stereocenters. The van der Waals surface area contributed by atoms with Gasteiger partial charge in [-0.15, -0.1) is 0 Å². The SMILES string of the molecule is CS(=O)(=O)N1CCC(CNC(=O)CN2CCCC2=O)CC1. The van der Waals surface area contributed by atoms with Crippen LogP contribution in [0.2, 0.25) is 0 Å². The van der Waals surface area contributed by atoms with Gasteiger partial charge in [0.25, 0.3) is 0 Å². The first kappa shape index (κ1) is 16.2. The Bertz CT molecular complexity index is 498. The Morgan fingerprint density at radius 1 is 1.29 bits per heavy atom. The normalized spacial score (nSPS) is 21.8. The van der Waals surface area contributed by atoms with Crippen molar-refractivity contribution >= 4 is 21.8 Å². The largest absolute Gasteiger partial charge is 0.354 e. The lowest BCUT2D eigenvalue weighted by molar-refractivity contribution is -0.133. The van der Waals surface area contributed by atoms with E-state index in [2.05, 4.69) is 5.32 Å². The highest BCUT2D eigenvalue weighted by Gasteiger charge is 2.26. The molecular weight excluding hydrogens is 294 g/mol. The van der Waals surface area contributed by atoms with Crippen LogP contribution in [-0.4, -0.2) is 68.4 Å². The van der Waals surface area contributed by atoms with Crippen LogP contribution in [0.3, 0.4) is 0 Å². The lowest BCUT2D eigenvalue weighted by Gasteiger charge is -2.30. The molecule has 0 aromatic carbocycles. The van der Waals surface area contributed by atoms with Crippen LogP contribution in [0.25, 0.3) is 0 Å². The standard InChI is InChI=1S/C13H23N3O4S/c1-21(19,20)16-7-4-11(5-8-16)9-14-12(17)10-15-6-2-3-13(15)18/h11H,2-10H2,1H3,(H,14,17). The Morgan fingerprint density at radius 3 is 2.48 bits per heavy atom. The van der Waals surface area contributed by atoms with Gasteiger partial charge in [0.2, 0.25) is 21.8 Å². The van der Waals surface area contributed by atoms with Crippen LogP contribution in [-0.2, 0) is 19.6 Å². The number of sulfonamides is 1. The van der Waals surface area contributed by atoms with E-state index >= 15 is 0 Å². The van der Waals surface area contributed by atoms with E-state index in [1.54, 1.807) is 4.90 Å². The number of carbonyl (C=O) groups is 2. The van der Waals surface area contributed by atoms with Gasteiger partial charge in [-0.05, 0) is 25.2 Å². The summed E-state index contributed by atoms with van der Waals surface area (Å²) >= 11 is 0. The van der Waals surface area contributed by atoms with Crippen LogP contribution in [0.5, 0.6) is 0 Å². The molecule has 0 saturated carbocycles. The van der Waals surface area contributed by atoms with Gasteiger partial charge >= 0.3 is 0 Å². The fraction of sp³-hybridized carbons (Fsp3) is 0.846. The third kappa shape index (κ3) is 4.67. The highest BCUT2D eigenvalue weighted by Crippen LogP contribution is 2.18. The number of nitrogens with zero attached hydrogens (tertiary/aromatic N) is 2. The Morgan fingerprint density at radius 2 is 1.95 bits per heavy atom. The predicted molar refractivity (Wildman–Crippen MR) is 78.0 cm³/mol. The molecule has 2 aliphatic rings. The lowest BCUT2D eigenvalue weighted by atomic mass is 9.98. The zero-order chi connectivity index (χ0) is 15.5. The van der Waals surface area contributed by atoms with E-state index < -0.39 is 10.0 Å². The van der Waals surface area contributed by atoms with Crippen LogP contribution >= 0.6 is 0 Å². The van der Waals surface area contributed by atoms with E-state index in [-0.39, 0.29) is 18.4 Å². The summed E-state index contributed by atoms with van der Waals surface area (Å²) in [7, 11) is -3.10. The van der Waals surface area contributed by atoms with Gasteiger partial charge in [-0.3, -0.25) is 9.59 Å². The summed E-state index contributed by atoms with van der Waals surface area (Å²) in [6.45, 7) is 2.40. The molecule has 0 radical (unpaired) electrons. The second kappa shape index (κ2) is 6.74. The maximum atomic E-state index is 11.8. The molecule has 1 N–H and O–H groups in total. The summed E-state index contributed by atoms with van der Waals surface area (Å²) < 4.78 is 24.3.